The Bertz CT molecular complexity index is 339. The lowest BCUT2D eigenvalue weighted by Crippen LogP contribution is -2.37. The topological polar surface area (TPSA) is 72.6 Å². The molecule has 0 radical (unpaired) electrons. The first-order valence-corrected chi connectivity index (χ1v) is 8.02. The minimum Gasteiger partial charge on any atom is -0.377 e. The maximum absolute atomic E-state index is 12.2. The quantitative estimate of drug-likeness (QED) is 0.783. The molecule has 6 heteroatoms. The minimum atomic E-state index is -3.15. The zero-order chi connectivity index (χ0) is 12.3. The second-order valence-electron chi connectivity index (χ2n) is 5.02. The lowest BCUT2D eigenvalue weighted by Gasteiger charge is -2.25. The molecule has 0 saturated carbocycles. The average molecular weight is 262 g/mol. The minimum absolute atomic E-state index is 0.106. The summed E-state index contributed by atoms with van der Waals surface area (Å²) in [5.41, 5.74) is 5.58. The van der Waals surface area contributed by atoms with Crippen LogP contribution >= 0.6 is 0 Å². The van der Waals surface area contributed by atoms with E-state index in [4.69, 9.17) is 10.5 Å². The van der Waals surface area contributed by atoms with Crippen LogP contribution in [0.1, 0.15) is 25.7 Å². The Labute approximate surface area is 103 Å². The van der Waals surface area contributed by atoms with Crippen molar-refractivity contribution < 1.29 is 13.2 Å². The van der Waals surface area contributed by atoms with Crippen molar-refractivity contribution >= 4 is 10.0 Å². The molecule has 5 nitrogen and oxygen atoms in total. The molecule has 2 fully saturated rings. The highest BCUT2D eigenvalue weighted by Gasteiger charge is 2.33. The van der Waals surface area contributed by atoms with E-state index in [1.165, 1.54) is 0 Å². The molecule has 2 atom stereocenters. The lowest BCUT2D eigenvalue weighted by atomic mass is 10.1. The van der Waals surface area contributed by atoms with Crippen molar-refractivity contribution in [1.82, 2.24) is 4.31 Å². The van der Waals surface area contributed by atoms with E-state index >= 15 is 0 Å². The molecule has 2 aliphatic rings. The fourth-order valence-corrected chi connectivity index (χ4v) is 4.29. The summed E-state index contributed by atoms with van der Waals surface area (Å²) >= 11 is 0. The number of sulfonamides is 1. The molecular formula is C11H22N2O3S. The number of nitrogens with zero attached hydrogens (tertiary/aromatic N) is 1. The van der Waals surface area contributed by atoms with E-state index in [1.807, 2.05) is 0 Å². The van der Waals surface area contributed by atoms with E-state index in [2.05, 4.69) is 0 Å². The Morgan fingerprint density at radius 1 is 1.29 bits per heavy atom. The summed E-state index contributed by atoms with van der Waals surface area (Å²) in [4.78, 5) is 0. The molecule has 100 valence electrons. The van der Waals surface area contributed by atoms with Crippen molar-refractivity contribution in [1.29, 1.82) is 0 Å². The molecule has 0 aromatic rings. The van der Waals surface area contributed by atoms with E-state index in [-0.39, 0.29) is 11.9 Å². The summed E-state index contributed by atoms with van der Waals surface area (Å²) in [6, 6.07) is 0. The Kier molecular flexibility index (Phi) is 4.41. The molecule has 2 aliphatic heterocycles. The fraction of sp³-hybridized carbons (Fsp3) is 1.00. The van der Waals surface area contributed by atoms with Gasteiger partial charge in [-0.05, 0) is 38.1 Å². The second kappa shape index (κ2) is 5.65. The van der Waals surface area contributed by atoms with Crippen LogP contribution in [0.15, 0.2) is 0 Å². The Morgan fingerprint density at radius 2 is 2.12 bits per heavy atom. The van der Waals surface area contributed by atoms with E-state index in [0.29, 0.717) is 32.2 Å². The number of hydrogen-bond donors (Lipinski definition) is 1. The van der Waals surface area contributed by atoms with Gasteiger partial charge in [0.15, 0.2) is 0 Å². The van der Waals surface area contributed by atoms with Crippen LogP contribution in [0.4, 0.5) is 0 Å². The highest BCUT2D eigenvalue weighted by molar-refractivity contribution is 7.89. The van der Waals surface area contributed by atoms with E-state index in [1.54, 1.807) is 4.31 Å². The first kappa shape index (κ1) is 13.3. The molecule has 0 aromatic heterocycles. The van der Waals surface area contributed by atoms with Gasteiger partial charge in [0.2, 0.25) is 10.0 Å². The summed E-state index contributed by atoms with van der Waals surface area (Å²) < 4.78 is 31.4. The average Bonchev–Trinajstić information content (AvgIpc) is 2.79. The van der Waals surface area contributed by atoms with Gasteiger partial charge in [-0.1, -0.05) is 0 Å². The van der Waals surface area contributed by atoms with Crippen LogP contribution < -0.4 is 5.73 Å². The normalized spacial score (nSPS) is 31.8. The molecule has 0 aliphatic carbocycles. The largest absolute Gasteiger partial charge is 0.377 e. The van der Waals surface area contributed by atoms with Crippen LogP contribution in [0, 0.1) is 5.92 Å². The number of rotatable bonds is 4. The maximum Gasteiger partial charge on any atom is 0.216 e. The maximum atomic E-state index is 12.2. The molecule has 2 heterocycles. The molecule has 2 rings (SSSR count). The van der Waals surface area contributed by atoms with Gasteiger partial charge < -0.3 is 10.5 Å². The summed E-state index contributed by atoms with van der Waals surface area (Å²) in [6.45, 7) is 2.49. The molecule has 2 unspecified atom stereocenters. The molecule has 2 saturated heterocycles. The van der Waals surface area contributed by atoms with Crippen LogP contribution in [0.2, 0.25) is 0 Å². The Balaban J connectivity index is 1.90. The zero-order valence-corrected chi connectivity index (χ0v) is 11.0. The molecule has 0 aromatic carbocycles. The summed E-state index contributed by atoms with van der Waals surface area (Å²) in [6.07, 6.45) is 3.78. The van der Waals surface area contributed by atoms with E-state index < -0.39 is 10.0 Å². The monoisotopic (exact) mass is 262 g/mol. The van der Waals surface area contributed by atoms with Gasteiger partial charge in [0.05, 0.1) is 11.9 Å². The van der Waals surface area contributed by atoms with Crippen LogP contribution in [0.5, 0.6) is 0 Å². The van der Waals surface area contributed by atoms with Crippen molar-refractivity contribution in [3.05, 3.63) is 0 Å². The van der Waals surface area contributed by atoms with Crippen molar-refractivity contribution in [3.8, 4) is 0 Å². The number of nitrogens with two attached hydrogens (primary N) is 1. The van der Waals surface area contributed by atoms with Crippen molar-refractivity contribution in [3.63, 3.8) is 0 Å². The van der Waals surface area contributed by atoms with Gasteiger partial charge in [0, 0.05) is 19.7 Å². The zero-order valence-electron chi connectivity index (χ0n) is 10.2. The van der Waals surface area contributed by atoms with Gasteiger partial charge in [0.1, 0.15) is 0 Å². The first-order valence-electron chi connectivity index (χ1n) is 6.41. The van der Waals surface area contributed by atoms with Crippen molar-refractivity contribution in [2.45, 2.75) is 31.8 Å². The van der Waals surface area contributed by atoms with Gasteiger partial charge in [-0.2, -0.15) is 0 Å². The van der Waals surface area contributed by atoms with Crippen LogP contribution in [-0.4, -0.2) is 50.8 Å². The van der Waals surface area contributed by atoms with E-state index in [9.17, 15) is 8.42 Å². The van der Waals surface area contributed by atoms with Crippen molar-refractivity contribution in [2.24, 2.45) is 11.7 Å². The van der Waals surface area contributed by atoms with Gasteiger partial charge in [-0.25, -0.2) is 12.7 Å². The highest BCUT2D eigenvalue weighted by atomic mass is 32.2. The molecule has 2 N–H and O–H groups in total. The molecule has 17 heavy (non-hydrogen) atoms. The standard InChI is InChI=1S/C11H22N2O3S/c12-7-10-4-5-13(8-10)17(14,15)9-11-3-1-2-6-16-11/h10-11H,1-9,12H2. The summed E-state index contributed by atoms with van der Waals surface area (Å²) in [5.74, 6) is 0.474. The first-order chi connectivity index (χ1) is 8.12. The van der Waals surface area contributed by atoms with Gasteiger partial charge >= 0.3 is 0 Å². The Hall–Kier alpha value is -0.170. The molecular weight excluding hydrogens is 240 g/mol. The van der Waals surface area contributed by atoms with Crippen LogP contribution in [0.25, 0.3) is 0 Å². The summed E-state index contributed by atoms with van der Waals surface area (Å²) in [7, 11) is -3.15. The van der Waals surface area contributed by atoms with Gasteiger partial charge in [-0.15, -0.1) is 0 Å². The third-order valence-electron chi connectivity index (χ3n) is 3.65. The van der Waals surface area contributed by atoms with Gasteiger partial charge in [0.25, 0.3) is 0 Å². The third kappa shape index (κ3) is 3.40. The predicted octanol–water partition coefficient (Wildman–Crippen LogP) is 0.166. The second-order valence-corrected chi connectivity index (χ2v) is 7.03. The smallest absolute Gasteiger partial charge is 0.216 e. The Morgan fingerprint density at radius 3 is 2.71 bits per heavy atom. The van der Waals surface area contributed by atoms with Gasteiger partial charge in [-0.3, -0.25) is 0 Å². The lowest BCUT2D eigenvalue weighted by molar-refractivity contribution is 0.0299. The molecule has 0 bridgehead atoms. The molecule has 0 spiro atoms. The molecule has 0 amide bonds. The third-order valence-corrected chi connectivity index (χ3v) is 5.56. The predicted molar refractivity (Wildman–Crippen MR) is 66.1 cm³/mol. The van der Waals surface area contributed by atoms with Crippen LogP contribution in [0.3, 0.4) is 0 Å². The highest BCUT2D eigenvalue weighted by Crippen LogP contribution is 2.21. The fourth-order valence-electron chi connectivity index (χ4n) is 2.52. The SMILES string of the molecule is NCC1CCN(S(=O)(=O)CC2CCCCO2)C1. The van der Waals surface area contributed by atoms with E-state index in [0.717, 1.165) is 25.7 Å². The number of ether oxygens (including phenoxy) is 1. The number of hydrogen-bond acceptors (Lipinski definition) is 4. The summed E-state index contributed by atoms with van der Waals surface area (Å²) in [5, 5.41) is 0. The van der Waals surface area contributed by atoms with Crippen molar-refractivity contribution in [2.75, 3.05) is 32.0 Å². The van der Waals surface area contributed by atoms with Crippen LogP contribution in [-0.2, 0) is 14.8 Å².